The maximum absolute atomic E-state index is 13.3. The molecule has 208 valence electrons. The zero-order valence-corrected chi connectivity index (χ0v) is 22.4. The lowest BCUT2D eigenvalue weighted by Gasteiger charge is -2.27. The molecular weight excluding hydrogens is 500 g/mol. The van der Waals surface area contributed by atoms with E-state index in [4.69, 9.17) is 10.5 Å². The van der Waals surface area contributed by atoms with E-state index in [9.17, 15) is 24.0 Å². The Morgan fingerprint density at radius 2 is 1.69 bits per heavy atom. The van der Waals surface area contributed by atoms with Crippen LogP contribution in [0.2, 0.25) is 0 Å². The van der Waals surface area contributed by atoms with Gasteiger partial charge in [-0.05, 0) is 23.6 Å². The average Bonchev–Trinajstić information content (AvgIpc) is 2.97. The second kappa shape index (κ2) is 17.8. The van der Waals surface area contributed by atoms with Gasteiger partial charge in [-0.3, -0.25) is 29.3 Å². The van der Waals surface area contributed by atoms with E-state index in [1.165, 1.54) is 25.2 Å². The van der Waals surface area contributed by atoms with Crippen molar-refractivity contribution in [3.05, 3.63) is 90.0 Å². The number of aldehydes is 1. The Kier molecular flexibility index (Phi) is 14.8. The van der Waals surface area contributed by atoms with Crippen LogP contribution in [0.15, 0.2) is 67.8 Å². The number of hydrogen-bond acceptors (Lipinski definition) is 7. The molecule has 0 saturated carbocycles. The molecule has 2 rings (SSSR count). The highest BCUT2D eigenvalue weighted by Gasteiger charge is 2.30. The van der Waals surface area contributed by atoms with Gasteiger partial charge in [-0.1, -0.05) is 75.1 Å². The number of hydrogen-bond donors (Lipinski definition) is 3. The minimum Gasteiger partial charge on any atom is -0.483 e. The Morgan fingerprint density at radius 3 is 2.23 bits per heavy atom. The van der Waals surface area contributed by atoms with Crippen molar-refractivity contribution in [3.8, 4) is 5.75 Å². The van der Waals surface area contributed by atoms with Gasteiger partial charge in [0.05, 0.1) is 5.56 Å². The Labute approximate surface area is 228 Å². The molecule has 10 heteroatoms. The molecule has 0 spiro atoms. The molecule has 1 unspecified atom stereocenters. The largest absolute Gasteiger partial charge is 0.483 e. The predicted molar refractivity (Wildman–Crippen MR) is 149 cm³/mol. The van der Waals surface area contributed by atoms with Crippen LogP contribution in [0.3, 0.4) is 0 Å². The smallest absolute Gasteiger partial charge is 0.258 e. The van der Waals surface area contributed by atoms with Gasteiger partial charge in [0.25, 0.3) is 11.8 Å². The summed E-state index contributed by atoms with van der Waals surface area (Å²) in [6.07, 6.45) is 4.90. The molecule has 0 aliphatic rings. The SMILES string of the molecule is C=CC=C.CCCC(C(=O)NC=O)N(C)C(=O)c1c(C=O)cccc1OCC(=O)NCc1ccc(CN)cc1. The number of nitrogens with two attached hydrogens (primary N) is 1. The van der Waals surface area contributed by atoms with Crippen LogP contribution in [0.5, 0.6) is 5.75 Å². The number of ether oxygens (including phenoxy) is 1. The number of nitrogens with one attached hydrogen (secondary N) is 2. The Bertz CT molecular complexity index is 1140. The van der Waals surface area contributed by atoms with E-state index < -0.39 is 30.4 Å². The number of benzene rings is 2. The van der Waals surface area contributed by atoms with Gasteiger partial charge in [0.2, 0.25) is 12.3 Å². The van der Waals surface area contributed by atoms with E-state index in [2.05, 4.69) is 23.8 Å². The van der Waals surface area contributed by atoms with Crippen molar-refractivity contribution in [2.75, 3.05) is 13.7 Å². The number of likely N-dealkylation sites (N-methyl/N-ethyl adjacent to an activating group) is 1. The lowest BCUT2D eigenvalue weighted by molar-refractivity contribution is -0.129. The summed E-state index contributed by atoms with van der Waals surface area (Å²) in [5.74, 6) is -1.68. The molecule has 0 saturated heterocycles. The molecule has 4 amide bonds. The van der Waals surface area contributed by atoms with E-state index in [-0.39, 0.29) is 29.8 Å². The summed E-state index contributed by atoms with van der Waals surface area (Å²) in [6.45, 7) is 8.87. The lowest BCUT2D eigenvalue weighted by atomic mass is 10.0. The van der Waals surface area contributed by atoms with Crippen molar-refractivity contribution in [2.45, 2.75) is 38.9 Å². The zero-order valence-electron chi connectivity index (χ0n) is 22.4. The summed E-state index contributed by atoms with van der Waals surface area (Å²) in [7, 11) is 1.40. The van der Waals surface area contributed by atoms with Crippen LogP contribution < -0.4 is 21.1 Å². The molecule has 4 N–H and O–H groups in total. The first-order valence-corrected chi connectivity index (χ1v) is 12.3. The molecule has 0 aromatic heterocycles. The third-order valence-corrected chi connectivity index (χ3v) is 5.53. The number of nitrogens with zero attached hydrogens (tertiary/aromatic N) is 1. The molecule has 2 aromatic rings. The van der Waals surface area contributed by atoms with Crippen LogP contribution >= 0.6 is 0 Å². The number of carbonyl (C=O) groups is 5. The third kappa shape index (κ3) is 10.4. The van der Waals surface area contributed by atoms with Crippen molar-refractivity contribution in [1.82, 2.24) is 15.5 Å². The van der Waals surface area contributed by atoms with Gasteiger partial charge < -0.3 is 20.7 Å². The summed E-state index contributed by atoms with van der Waals surface area (Å²) in [6, 6.07) is 11.0. The maximum Gasteiger partial charge on any atom is 0.258 e. The van der Waals surface area contributed by atoms with Gasteiger partial charge >= 0.3 is 0 Å². The predicted octanol–water partition coefficient (Wildman–Crippen LogP) is 2.52. The monoisotopic (exact) mass is 536 g/mol. The summed E-state index contributed by atoms with van der Waals surface area (Å²) < 4.78 is 5.59. The minimum atomic E-state index is -0.931. The Hall–Kier alpha value is -4.57. The fourth-order valence-corrected chi connectivity index (χ4v) is 3.43. The molecule has 39 heavy (non-hydrogen) atoms. The van der Waals surface area contributed by atoms with Crippen LogP contribution in [0, 0.1) is 0 Å². The van der Waals surface area contributed by atoms with Gasteiger partial charge in [0, 0.05) is 25.7 Å². The van der Waals surface area contributed by atoms with Crippen molar-refractivity contribution in [1.29, 1.82) is 0 Å². The highest BCUT2D eigenvalue weighted by molar-refractivity contribution is 6.05. The van der Waals surface area contributed by atoms with Crippen molar-refractivity contribution < 1.29 is 28.7 Å². The highest BCUT2D eigenvalue weighted by Crippen LogP contribution is 2.24. The standard InChI is InChI=1S/C25H30N4O6.C4H6/c1-3-5-20(24(33)28-16-31)29(2)25(34)23-19(14-30)6-4-7-21(23)35-15-22(32)27-13-18-10-8-17(12-26)9-11-18;1-3-4-2/h4,6-11,14,16,20H,3,5,12-13,15,26H2,1-2H3,(H,27,32)(H,28,31,33);3-4H,1-2H2. The molecule has 1 atom stereocenters. The van der Waals surface area contributed by atoms with Crippen molar-refractivity contribution in [2.24, 2.45) is 5.73 Å². The molecule has 0 aliphatic heterocycles. The molecule has 0 bridgehead atoms. The summed E-state index contributed by atoms with van der Waals surface area (Å²) in [5.41, 5.74) is 7.41. The molecule has 10 nitrogen and oxygen atoms in total. The van der Waals surface area contributed by atoms with Gasteiger partial charge in [-0.15, -0.1) is 0 Å². The number of amides is 4. The molecular formula is C29H36N4O6. The number of allylic oxidation sites excluding steroid dienone is 2. The summed E-state index contributed by atoms with van der Waals surface area (Å²) >= 11 is 0. The fourth-order valence-electron chi connectivity index (χ4n) is 3.43. The van der Waals surface area contributed by atoms with Crippen molar-refractivity contribution in [3.63, 3.8) is 0 Å². The Balaban J connectivity index is 0.00000177. The van der Waals surface area contributed by atoms with E-state index in [1.54, 1.807) is 12.2 Å². The van der Waals surface area contributed by atoms with E-state index in [1.807, 2.05) is 31.2 Å². The van der Waals surface area contributed by atoms with Gasteiger partial charge in [-0.2, -0.15) is 0 Å². The van der Waals surface area contributed by atoms with Gasteiger partial charge in [0.1, 0.15) is 11.8 Å². The molecule has 0 heterocycles. The van der Waals surface area contributed by atoms with E-state index in [0.29, 0.717) is 25.7 Å². The maximum atomic E-state index is 13.3. The molecule has 0 aliphatic carbocycles. The van der Waals surface area contributed by atoms with Gasteiger partial charge in [-0.25, -0.2) is 0 Å². The fraction of sp³-hybridized carbons (Fsp3) is 0.276. The summed E-state index contributed by atoms with van der Waals surface area (Å²) in [5, 5.41) is 4.79. The van der Waals surface area contributed by atoms with Crippen LogP contribution in [0.4, 0.5) is 0 Å². The second-order valence-corrected chi connectivity index (χ2v) is 8.24. The topological polar surface area (TPSA) is 148 Å². The normalized spacial score (nSPS) is 10.5. The lowest BCUT2D eigenvalue weighted by Crippen LogP contribution is -2.47. The van der Waals surface area contributed by atoms with Crippen LogP contribution in [0.1, 0.15) is 51.6 Å². The molecule has 0 fully saturated rings. The molecule has 0 radical (unpaired) electrons. The minimum absolute atomic E-state index is 0.0277. The van der Waals surface area contributed by atoms with Crippen LogP contribution in [-0.2, 0) is 27.5 Å². The van der Waals surface area contributed by atoms with Crippen LogP contribution in [-0.4, -0.2) is 55.0 Å². The molecule has 2 aromatic carbocycles. The van der Waals surface area contributed by atoms with Crippen molar-refractivity contribution >= 4 is 30.4 Å². The Morgan fingerprint density at radius 1 is 1.05 bits per heavy atom. The quantitative estimate of drug-likeness (QED) is 0.248. The average molecular weight is 537 g/mol. The number of carbonyl (C=O) groups excluding carboxylic acids is 5. The first-order chi connectivity index (χ1) is 18.8. The van der Waals surface area contributed by atoms with E-state index >= 15 is 0 Å². The van der Waals surface area contributed by atoms with E-state index in [0.717, 1.165) is 16.0 Å². The van der Waals surface area contributed by atoms with Crippen LogP contribution in [0.25, 0.3) is 0 Å². The first kappa shape index (κ1) is 32.5. The first-order valence-electron chi connectivity index (χ1n) is 12.3. The third-order valence-electron chi connectivity index (χ3n) is 5.53. The summed E-state index contributed by atoms with van der Waals surface area (Å²) in [4.78, 5) is 61.4. The number of imide groups is 1. The number of rotatable bonds is 14. The second-order valence-electron chi connectivity index (χ2n) is 8.24. The zero-order chi connectivity index (χ0) is 29.2. The highest BCUT2D eigenvalue weighted by atomic mass is 16.5. The van der Waals surface area contributed by atoms with Gasteiger partial charge in [0.15, 0.2) is 12.9 Å².